The molecule has 0 aromatic heterocycles. The van der Waals surface area contributed by atoms with Gasteiger partial charge in [-0.2, -0.15) is 0 Å². The van der Waals surface area contributed by atoms with Gasteiger partial charge in [0, 0.05) is 0 Å². The van der Waals surface area contributed by atoms with E-state index in [-0.39, 0.29) is 6.61 Å². The largest absolute Gasteiger partial charge is 0.457 e. The first-order valence-corrected chi connectivity index (χ1v) is 7.84. The molecule has 0 radical (unpaired) electrons. The number of carbonyl (C=O) groups excluding carboxylic acids is 1. The summed E-state index contributed by atoms with van der Waals surface area (Å²) in [6, 6.07) is 23.7. The molecule has 0 spiro atoms. The van der Waals surface area contributed by atoms with Crippen molar-refractivity contribution in [3.05, 3.63) is 95.0 Å². The summed E-state index contributed by atoms with van der Waals surface area (Å²) in [4.78, 5) is 12.1. The molecule has 0 saturated carbocycles. The van der Waals surface area contributed by atoms with E-state index in [0.29, 0.717) is 16.3 Å². The lowest BCUT2D eigenvalue weighted by molar-refractivity contribution is 0.0472. The third kappa shape index (κ3) is 4.15. The van der Waals surface area contributed by atoms with Crippen LogP contribution in [0.5, 0.6) is 11.5 Å². The number of carbonyl (C=O) groups is 1. The van der Waals surface area contributed by atoms with Crippen LogP contribution in [-0.4, -0.2) is 5.97 Å². The maximum atomic E-state index is 12.1. The van der Waals surface area contributed by atoms with E-state index in [1.807, 2.05) is 54.6 Å². The van der Waals surface area contributed by atoms with E-state index in [2.05, 4.69) is 0 Å². The Morgan fingerprint density at radius 3 is 2.33 bits per heavy atom. The SMILES string of the molecule is O=C(OCc1cccc(Oc2ccccc2)c1)c1ccccc1Cl. The molecule has 3 aromatic rings. The number of benzene rings is 3. The highest BCUT2D eigenvalue weighted by Gasteiger charge is 2.11. The molecule has 0 fully saturated rings. The van der Waals surface area contributed by atoms with Crippen LogP contribution in [0.2, 0.25) is 5.02 Å². The Labute approximate surface area is 145 Å². The molecule has 0 amide bonds. The van der Waals surface area contributed by atoms with Crippen molar-refractivity contribution < 1.29 is 14.3 Å². The molecule has 4 heteroatoms. The van der Waals surface area contributed by atoms with Gasteiger partial charge in [-0.1, -0.05) is 54.1 Å². The molecule has 0 aliphatic rings. The summed E-state index contributed by atoms with van der Waals surface area (Å²) in [5, 5.41) is 0.378. The van der Waals surface area contributed by atoms with Gasteiger partial charge in [0.15, 0.2) is 0 Å². The Morgan fingerprint density at radius 1 is 0.833 bits per heavy atom. The number of hydrogen-bond donors (Lipinski definition) is 0. The minimum atomic E-state index is -0.449. The predicted molar refractivity (Wildman–Crippen MR) is 93.5 cm³/mol. The average Bonchev–Trinajstić information content (AvgIpc) is 2.61. The normalized spacial score (nSPS) is 10.2. The molecule has 0 aliphatic carbocycles. The molecule has 0 unspecified atom stereocenters. The zero-order valence-corrected chi connectivity index (χ0v) is 13.6. The summed E-state index contributed by atoms with van der Waals surface area (Å²) in [6.45, 7) is 0.149. The lowest BCUT2D eigenvalue weighted by atomic mass is 10.2. The molecule has 0 aliphatic heterocycles. The van der Waals surface area contributed by atoms with Gasteiger partial charge in [-0.25, -0.2) is 4.79 Å². The van der Waals surface area contributed by atoms with Crippen LogP contribution in [0.3, 0.4) is 0 Å². The van der Waals surface area contributed by atoms with Crippen molar-refractivity contribution in [2.75, 3.05) is 0 Å². The van der Waals surface area contributed by atoms with Crippen LogP contribution in [-0.2, 0) is 11.3 Å². The zero-order chi connectivity index (χ0) is 16.8. The highest BCUT2D eigenvalue weighted by atomic mass is 35.5. The van der Waals surface area contributed by atoms with Gasteiger partial charge in [-0.15, -0.1) is 0 Å². The quantitative estimate of drug-likeness (QED) is 0.577. The van der Waals surface area contributed by atoms with Crippen molar-refractivity contribution in [3.8, 4) is 11.5 Å². The van der Waals surface area contributed by atoms with Crippen LogP contribution in [0.25, 0.3) is 0 Å². The number of ether oxygens (including phenoxy) is 2. The van der Waals surface area contributed by atoms with Crippen LogP contribution in [0.4, 0.5) is 0 Å². The summed E-state index contributed by atoms with van der Waals surface area (Å²) in [7, 11) is 0. The van der Waals surface area contributed by atoms with Crippen molar-refractivity contribution >= 4 is 17.6 Å². The van der Waals surface area contributed by atoms with Gasteiger partial charge in [0.1, 0.15) is 18.1 Å². The van der Waals surface area contributed by atoms with Gasteiger partial charge >= 0.3 is 5.97 Å². The van der Waals surface area contributed by atoms with E-state index in [9.17, 15) is 4.79 Å². The number of rotatable bonds is 5. The molecule has 0 atom stereocenters. The fourth-order valence-corrected chi connectivity index (χ4v) is 2.39. The number of hydrogen-bond acceptors (Lipinski definition) is 3. The summed E-state index contributed by atoms with van der Waals surface area (Å²) in [6.07, 6.45) is 0. The van der Waals surface area contributed by atoms with Crippen molar-refractivity contribution in [1.29, 1.82) is 0 Å². The van der Waals surface area contributed by atoms with Gasteiger partial charge in [-0.05, 0) is 42.0 Å². The Morgan fingerprint density at radius 2 is 1.54 bits per heavy atom. The molecule has 24 heavy (non-hydrogen) atoms. The van der Waals surface area contributed by atoms with E-state index >= 15 is 0 Å². The highest BCUT2D eigenvalue weighted by Crippen LogP contribution is 2.22. The van der Waals surface area contributed by atoms with Crippen LogP contribution >= 0.6 is 11.6 Å². The smallest absolute Gasteiger partial charge is 0.339 e. The lowest BCUT2D eigenvalue weighted by Gasteiger charge is -2.09. The third-order valence-corrected chi connectivity index (χ3v) is 3.67. The van der Waals surface area contributed by atoms with Crippen LogP contribution < -0.4 is 4.74 Å². The average molecular weight is 339 g/mol. The molecule has 3 aromatic carbocycles. The molecular formula is C20H15ClO3. The monoisotopic (exact) mass is 338 g/mol. The first-order chi connectivity index (χ1) is 11.7. The Bertz CT molecular complexity index is 831. The fourth-order valence-electron chi connectivity index (χ4n) is 2.18. The molecule has 0 bridgehead atoms. The summed E-state index contributed by atoms with van der Waals surface area (Å²) in [5.41, 5.74) is 1.19. The Hall–Kier alpha value is -2.78. The second-order valence-corrected chi connectivity index (χ2v) is 5.53. The second kappa shape index (κ2) is 7.66. The van der Waals surface area contributed by atoms with Gasteiger partial charge in [0.2, 0.25) is 0 Å². The zero-order valence-electron chi connectivity index (χ0n) is 12.8. The van der Waals surface area contributed by atoms with Crippen molar-refractivity contribution in [2.24, 2.45) is 0 Å². The van der Waals surface area contributed by atoms with E-state index < -0.39 is 5.97 Å². The second-order valence-electron chi connectivity index (χ2n) is 5.12. The third-order valence-electron chi connectivity index (χ3n) is 3.34. The Kier molecular flexibility index (Phi) is 5.14. The Balaban J connectivity index is 1.65. The van der Waals surface area contributed by atoms with Gasteiger partial charge in [-0.3, -0.25) is 0 Å². The number of para-hydroxylation sites is 1. The van der Waals surface area contributed by atoms with E-state index in [0.717, 1.165) is 11.3 Å². The summed E-state index contributed by atoms with van der Waals surface area (Å²) < 4.78 is 11.1. The molecule has 3 rings (SSSR count). The summed E-state index contributed by atoms with van der Waals surface area (Å²) >= 11 is 6.00. The molecular weight excluding hydrogens is 324 g/mol. The van der Waals surface area contributed by atoms with E-state index in [1.165, 1.54) is 0 Å². The minimum Gasteiger partial charge on any atom is -0.457 e. The van der Waals surface area contributed by atoms with Crippen LogP contribution in [0.1, 0.15) is 15.9 Å². The molecule has 0 N–H and O–H groups in total. The van der Waals surface area contributed by atoms with Gasteiger partial charge in [0.05, 0.1) is 10.6 Å². The standard InChI is InChI=1S/C20H15ClO3/c21-19-12-5-4-11-18(19)20(22)23-14-15-7-6-10-17(13-15)24-16-8-2-1-3-9-16/h1-13H,14H2. The van der Waals surface area contributed by atoms with Gasteiger partial charge in [0.25, 0.3) is 0 Å². The maximum Gasteiger partial charge on any atom is 0.339 e. The minimum absolute atomic E-state index is 0.149. The maximum absolute atomic E-state index is 12.1. The first-order valence-electron chi connectivity index (χ1n) is 7.46. The molecule has 120 valence electrons. The number of halogens is 1. The first kappa shape index (κ1) is 16.1. The topological polar surface area (TPSA) is 35.5 Å². The van der Waals surface area contributed by atoms with Crippen LogP contribution in [0.15, 0.2) is 78.9 Å². The summed E-state index contributed by atoms with van der Waals surface area (Å²) in [5.74, 6) is 0.991. The van der Waals surface area contributed by atoms with E-state index in [1.54, 1.807) is 24.3 Å². The van der Waals surface area contributed by atoms with E-state index in [4.69, 9.17) is 21.1 Å². The van der Waals surface area contributed by atoms with Crippen molar-refractivity contribution in [1.82, 2.24) is 0 Å². The predicted octanol–water partition coefficient (Wildman–Crippen LogP) is 5.49. The molecule has 3 nitrogen and oxygen atoms in total. The molecule has 0 heterocycles. The van der Waals surface area contributed by atoms with Crippen molar-refractivity contribution in [2.45, 2.75) is 6.61 Å². The van der Waals surface area contributed by atoms with Gasteiger partial charge < -0.3 is 9.47 Å². The van der Waals surface area contributed by atoms with Crippen LogP contribution in [0, 0.1) is 0 Å². The fraction of sp³-hybridized carbons (Fsp3) is 0.0500. The number of esters is 1. The highest BCUT2D eigenvalue weighted by molar-refractivity contribution is 6.33. The lowest BCUT2D eigenvalue weighted by Crippen LogP contribution is -2.05. The molecule has 0 saturated heterocycles. The van der Waals surface area contributed by atoms with Crippen molar-refractivity contribution in [3.63, 3.8) is 0 Å².